The second-order valence-corrected chi connectivity index (χ2v) is 9.90. The Balaban J connectivity index is 1.70. The summed E-state index contributed by atoms with van der Waals surface area (Å²) in [6.07, 6.45) is 0.895. The fourth-order valence-electron chi connectivity index (χ4n) is 3.49. The molecular weight excluding hydrogens is 368 g/mol. The lowest BCUT2D eigenvalue weighted by Gasteiger charge is -2.32. The molecule has 0 saturated heterocycles. The van der Waals surface area contributed by atoms with Crippen molar-refractivity contribution in [2.24, 2.45) is 5.92 Å². The largest absolute Gasteiger partial charge is 0.340 e. The van der Waals surface area contributed by atoms with Crippen molar-refractivity contribution in [3.8, 4) is 0 Å². The molecule has 0 spiro atoms. The molecule has 0 saturated carbocycles. The van der Waals surface area contributed by atoms with Crippen LogP contribution < -0.4 is 5.32 Å². The van der Waals surface area contributed by atoms with Gasteiger partial charge in [-0.15, -0.1) is 11.3 Å². The summed E-state index contributed by atoms with van der Waals surface area (Å²) in [5.74, 6) is -0.165. The molecule has 150 valence electrons. The monoisotopic (exact) mass is 398 g/mol. The molecule has 1 aromatic heterocycles. The van der Waals surface area contributed by atoms with E-state index in [4.69, 9.17) is 0 Å². The van der Waals surface area contributed by atoms with E-state index in [9.17, 15) is 9.59 Å². The number of rotatable bonds is 4. The Bertz CT molecular complexity index is 846. The molecule has 5 heteroatoms. The molecule has 0 bridgehead atoms. The molecular formula is C23H30N2O2S. The Hall–Kier alpha value is -2.14. The van der Waals surface area contributed by atoms with E-state index in [0.717, 1.165) is 6.42 Å². The Morgan fingerprint density at radius 2 is 1.79 bits per heavy atom. The normalized spacial score (nSPS) is 15.3. The number of nitrogens with one attached hydrogen (secondary N) is 1. The fraction of sp³-hybridized carbons (Fsp3) is 0.478. The summed E-state index contributed by atoms with van der Waals surface area (Å²) in [7, 11) is 0. The van der Waals surface area contributed by atoms with Gasteiger partial charge in [0.1, 0.15) is 6.04 Å². The van der Waals surface area contributed by atoms with Crippen LogP contribution in [0.25, 0.3) is 0 Å². The van der Waals surface area contributed by atoms with Gasteiger partial charge in [0.25, 0.3) is 5.91 Å². The van der Waals surface area contributed by atoms with Crippen LogP contribution in [-0.4, -0.2) is 29.3 Å². The van der Waals surface area contributed by atoms with Crippen LogP contribution >= 0.6 is 11.3 Å². The number of hydrogen-bond acceptors (Lipinski definition) is 3. The first-order valence-corrected chi connectivity index (χ1v) is 10.8. The first-order valence-electron chi connectivity index (χ1n) is 9.92. The molecule has 0 radical (unpaired) electrons. The molecule has 1 aliphatic heterocycles. The van der Waals surface area contributed by atoms with E-state index in [1.807, 2.05) is 43.0 Å². The molecule has 2 heterocycles. The number of carbonyl (C=O) groups excluding carboxylic acids is 2. The minimum Gasteiger partial charge on any atom is -0.340 e. The van der Waals surface area contributed by atoms with Crippen molar-refractivity contribution in [3.05, 3.63) is 57.3 Å². The summed E-state index contributed by atoms with van der Waals surface area (Å²) in [4.78, 5) is 29.2. The second kappa shape index (κ2) is 8.08. The highest BCUT2D eigenvalue weighted by Gasteiger charge is 2.31. The molecule has 1 aromatic carbocycles. The van der Waals surface area contributed by atoms with Gasteiger partial charge in [0.2, 0.25) is 5.91 Å². The molecule has 3 rings (SSSR count). The number of carbonyl (C=O) groups is 2. The maximum atomic E-state index is 13.1. The Morgan fingerprint density at radius 3 is 2.39 bits per heavy atom. The summed E-state index contributed by atoms with van der Waals surface area (Å²) in [5.41, 5.74) is 3.04. The molecule has 4 nitrogen and oxygen atoms in total. The number of fused-ring (bicyclic) bond motifs is 1. The van der Waals surface area contributed by atoms with E-state index in [1.165, 1.54) is 16.0 Å². The van der Waals surface area contributed by atoms with Gasteiger partial charge in [0.05, 0.1) is 0 Å². The molecule has 2 amide bonds. The second-order valence-electron chi connectivity index (χ2n) is 8.90. The zero-order valence-electron chi connectivity index (χ0n) is 17.4. The van der Waals surface area contributed by atoms with Crippen molar-refractivity contribution < 1.29 is 9.59 Å². The molecule has 28 heavy (non-hydrogen) atoms. The lowest BCUT2D eigenvalue weighted by molar-refractivity contribution is -0.135. The van der Waals surface area contributed by atoms with E-state index >= 15 is 0 Å². The van der Waals surface area contributed by atoms with Gasteiger partial charge in [-0.2, -0.15) is 0 Å². The van der Waals surface area contributed by atoms with Crippen LogP contribution in [0.3, 0.4) is 0 Å². The maximum Gasteiger partial charge on any atom is 0.251 e. The Kier molecular flexibility index (Phi) is 5.94. The molecule has 0 unspecified atom stereocenters. The highest BCUT2D eigenvalue weighted by molar-refractivity contribution is 7.10. The molecule has 0 aliphatic carbocycles. The van der Waals surface area contributed by atoms with Crippen LogP contribution in [0, 0.1) is 5.92 Å². The van der Waals surface area contributed by atoms with E-state index < -0.39 is 6.04 Å². The summed E-state index contributed by atoms with van der Waals surface area (Å²) in [6.45, 7) is 11.7. The third-order valence-electron chi connectivity index (χ3n) is 5.35. The predicted octanol–water partition coefficient (Wildman–Crippen LogP) is 4.38. The number of hydrogen-bond donors (Lipinski definition) is 1. The summed E-state index contributed by atoms with van der Waals surface area (Å²) < 4.78 is 0. The van der Waals surface area contributed by atoms with Crippen LogP contribution in [0.4, 0.5) is 0 Å². The van der Waals surface area contributed by atoms with Gasteiger partial charge in [0.15, 0.2) is 0 Å². The summed E-state index contributed by atoms with van der Waals surface area (Å²) in [5, 5.41) is 5.06. The standard InChI is InChI=1S/C23H30N2O2S/c1-15(2)20(22(27)25-12-10-19-17(14-25)11-13-28-19)24-21(26)16-6-8-18(9-7-16)23(3,4)5/h6-9,11,13,15,20H,10,12,14H2,1-5H3,(H,24,26)/t20-/m1/s1. The smallest absolute Gasteiger partial charge is 0.251 e. The minimum absolute atomic E-state index is 0.00603. The van der Waals surface area contributed by atoms with Gasteiger partial charge in [-0.3, -0.25) is 9.59 Å². The van der Waals surface area contributed by atoms with Crippen molar-refractivity contribution in [1.82, 2.24) is 10.2 Å². The first-order chi connectivity index (χ1) is 13.2. The third kappa shape index (κ3) is 4.46. The van der Waals surface area contributed by atoms with Gasteiger partial charge in [-0.25, -0.2) is 0 Å². The average Bonchev–Trinajstić information content (AvgIpc) is 3.12. The van der Waals surface area contributed by atoms with Gasteiger partial charge < -0.3 is 10.2 Å². The van der Waals surface area contributed by atoms with Gasteiger partial charge >= 0.3 is 0 Å². The topological polar surface area (TPSA) is 49.4 Å². The number of thiophene rings is 1. The van der Waals surface area contributed by atoms with Gasteiger partial charge in [-0.1, -0.05) is 46.8 Å². The molecule has 1 atom stereocenters. The average molecular weight is 399 g/mol. The molecule has 1 aliphatic rings. The molecule has 1 N–H and O–H groups in total. The number of benzene rings is 1. The molecule has 2 aromatic rings. The van der Waals surface area contributed by atoms with Crippen molar-refractivity contribution in [1.29, 1.82) is 0 Å². The number of nitrogens with zero attached hydrogens (tertiary/aromatic N) is 1. The third-order valence-corrected chi connectivity index (χ3v) is 6.37. The van der Waals surface area contributed by atoms with Crippen molar-refractivity contribution >= 4 is 23.2 Å². The SMILES string of the molecule is CC(C)[C@@H](NC(=O)c1ccc(C(C)(C)C)cc1)C(=O)N1CCc2sccc2C1. The first kappa shape index (κ1) is 20.6. The highest BCUT2D eigenvalue weighted by atomic mass is 32.1. The fourth-order valence-corrected chi connectivity index (χ4v) is 4.38. The van der Waals surface area contributed by atoms with E-state index in [0.29, 0.717) is 18.7 Å². The van der Waals surface area contributed by atoms with Gasteiger partial charge in [0, 0.05) is 23.5 Å². The Labute approximate surface area is 172 Å². The van der Waals surface area contributed by atoms with Crippen molar-refractivity contribution in [3.63, 3.8) is 0 Å². The van der Waals surface area contributed by atoms with Crippen molar-refractivity contribution in [2.45, 2.75) is 59.0 Å². The van der Waals surface area contributed by atoms with Crippen LogP contribution in [-0.2, 0) is 23.2 Å². The van der Waals surface area contributed by atoms with E-state index in [-0.39, 0.29) is 23.1 Å². The van der Waals surface area contributed by atoms with Gasteiger partial charge in [-0.05, 0) is 52.5 Å². The summed E-state index contributed by atoms with van der Waals surface area (Å²) >= 11 is 1.76. The van der Waals surface area contributed by atoms with Crippen LogP contribution in [0.5, 0.6) is 0 Å². The predicted molar refractivity (Wildman–Crippen MR) is 115 cm³/mol. The lowest BCUT2D eigenvalue weighted by Crippen LogP contribution is -2.52. The zero-order chi connectivity index (χ0) is 20.5. The lowest BCUT2D eigenvalue weighted by atomic mass is 9.86. The van der Waals surface area contributed by atoms with Crippen LogP contribution in [0.15, 0.2) is 35.7 Å². The quantitative estimate of drug-likeness (QED) is 0.831. The minimum atomic E-state index is -0.519. The van der Waals surface area contributed by atoms with Crippen LogP contribution in [0.2, 0.25) is 0 Å². The van der Waals surface area contributed by atoms with E-state index in [1.54, 1.807) is 11.3 Å². The number of amides is 2. The van der Waals surface area contributed by atoms with E-state index in [2.05, 4.69) is 37.5 Å². The zero-order valence-corrected chi connectivity index (χ0v) is 18.2. The van der Waals surface area contributed by atoms with Crippen molar-refractivity contribution in [2.75, 3.05) is 6.54 Å². The maximum absolute atomic E-state index is 13.1. The summed E-state index contributed by atoms with van der Waals surface area (Å²) in [6, 6.07) is 9.24. The molecule has 0 fully saturated rings. The highest BCUT2D eigenvalue weighted by Crippen LogP contribution is 2.25. The Morgan fingerprint density at radius 1 is 1.11 bits per heavy atom. The van der Waals surface area contributed by atoms with Crippen LogP contribution in [0.1, 0.15) is 61.0 Å².